The van der Waals surface area contributed by atoms with Crippen molar-refractivity contribution in [2.45, 2.75) is 30.9 Å². The molecule has 5 rings (SSSR count). The predicted molar refractivity (Wildman–Crippen MR) is 134 cm³/mol. The highest BCUT2D eigenvalue weighted by Crippen LogP contribution is 2.34. The number of aryl methyl sites for hydroxylation is 2. The van der Waals surface area contributed by atoms with E-state index in [-0.39, 0.29) is 11.8 Å². The number of fused-ring (bicyclic) bond motifs is 1. The van der Waals surface area contributed by atoms with Gasteiger partial charge >= 0.3 is 0 Å². The predicted octanol–water partition coefficient (Wildman–Crippen LogP) is 3.72. The van der Waals surface area contributed by atoms with Gasteiger partial charge in [0, 0.05) is 45.2 Å². The monoisotopic (exact) mass is 504 g/mol. The minimum absolute atomic E-state index is 0.0981. The summed E-state index contributed by atoms with van der Waals surface area (Å²) in [4.78, 5) is 22.3. The number of aromatic nitrogens is 1. The van der Waals surface area contributed by atoms with Gasteiger partial charge in [-0.05, 0) is 49.3 Å². The lowest BCUT2D eigenvalue weighted by Crippen LogP contribution is -2.52. The summed E-state index contributed by atoms with van der Waals surface area (Å²) in [6, 6.07) is 7.66. The normalized spacial score (nSPS) is 18.8. The van der Waals surface area contributed by atoms with Gasteiger partial charge in [-0.3, -0.25) is 4.79 Å². The zero-order chi connectivity index (χ0) is 23.2. The third-order valence-corrected chi connectivity index (χ3v) is 11.2. The number of nitrogens with zero attached hydrogens (tertiary/aromatic N) is 4. The van der Waals surface area contributed by atoms with Gasteiger partial charge in [0.2, 0.25) is 5.91 Å². The quantitative estimate of drug-likeness (QED) is 0.541. The molecule has 0 radical (unpaired) electrons. The highest BCUT2D eigenvalue weighted by Gasteiger charge is 2.35. The molecule has 3 aromatic rings. The molecule has 0 spiro atoms. The standard InChI is InChI=1S/C23H28N4O3S3/c1-16-5-6-17(2)21-20(16)24-23(32-21)26-13-11-25(12-14-26)22(28)18-7-9-27(10-8-18)33(29,30)19-4-3-15-31-19/h3-6,15,18H,7-14H2,1-2H3. The van der Waals surface area contributed by atoms with Gasteiger partial charge in [-0.1, -0.05) is 29.5 Å². The number of rotatable bonds is 4. The summed E-state index contributed by atoms with van der Waals surface area (Å²) in [5.41, 5.74) is 3.53. The minimum Gasteiger partial charge on any atom is -0.345 e. The Balaban J connectivity index is 1.18. The Morgan fingerprint density at radius 3 is 2.33 bits per heavy atom. The fraction of sp³-hybridized carbons (Fsp3) is 0.478. The van der Waals surface area contributed by atoms with Crippen molar-refractivity contribution in [1.82, 2.24) is 14.2 Å². The average molecular weight is 505 g/mol. The second-order valence-electron chi connectivity index (χ2n) is 8.80. The molecule has 0 N–H and O–H groups in total. The summed E-state index contributed by atoms with van der Waals surface area (Å²) >= 11 is 2.97. The Labute approximate surface area is 202 Å². The summed E-state index contributed by atoms with van der Waals surface area (Å²) in [6.07, 6.45) is 1.17. The van der Waals surface area contributed by atoms with Crippen LogP contribution >= 0.6 is 22.7 Å². The Morgan fingerprint density at radius 1 is 1.00 bits per heavy atom. The fourth-order valence-corrected chi connectivity index (χ4v) is 8.42. The van der Waals surface area contributed by atoms with Crippen molar-refractivity contribution in [3.05, 3.63) is 40.8 Å². The molecule has 2 aromatic heterocycles. The largest absolute Gasteiger partial charge is 0.345 e. The number of piperidine rings is 1. The summed E-state index contributed by atoms with van der Waals surface area (Å²) in [5, 5.41) is 2.81. The van der Waals surface area contributed by atoms with Crippen molar-refractivity contribution < 1.29 is 13.2 Å². The van der Waals surface area contributed by atoms with E-state index in [2.05, 4.69) is 30.9 Å². The van der Waals surface area contributed by atoms with E-state index in [1.165, 1.54) is 31.5 Å². The van der Waals surface area contributed by atoms with Crippen molar-refractivity contribution in [2.24, 2.45) is 5.92 Å². The summed E-state index contributed by atoms with van der Waals surface area (Å²) in [7, 11) is -3.43. The first-order valence-electron chi connectivity index (χ1n) is 11.3. The fourth-order valence-electron chi connectivity index (χ4n) is 4.64. The Hall–Kier alpha value is -2.01. The smallest absolute Gasteiger partial charge is 0.252 e. The van der Waals surface area contributed by atoms with Crippen LogP contribution in [0.25, 0.3) is 10.2 Å². The molecule has 0 bridgehead atoms. The lowest BCUT2D eigenvalue weighted by molar-refractivity contribution is -0.137. The molecule has 2 aliphatic rings. The van der Waals surface area contributed by atoms with Crippen LogP contribution in [0.3, 0.4) is 0 Å². The zero-order valence-corrected chi connectivity index (χ0v) is 21.3. The summed E-state index contributed by atoms with van der Waals surface area (Å²) < 4.78 is 28.6. The van der Waals surface area contributed by atoms with Gasteiger partial charge in [-0.25, -0.2) is 13.4 Å². The van der Waals surface area contributed by atoms with Gasteiger partial charge in [0.1, 0.15) is 4.21 Å². The van der Waals surface area contributed by atoms with Crippen molar-refractivity contribution >= 4 is 54.0 Å². The Morgan fingerprint density at radius 2 is 1.70 bits per heavy atom. The number of carbonyl (C=O) groups excluding carboxylic acids is 1. The van der Waals surface area contributed by atoms with E-state index < -0.39 is 10.0 Å². The number of carbonyl (C=O) groups is 1. The van der Waals surface area contributed by atoms with E-state index in [0.717, 1.165) is 23.7 Å². The summed E-state index contributed by atoms with van der Waals surface area (Å²) in [5.74, 6) is 0.0675. The van der Waals surface area contributed by atoms with Gasteiger partial charge in [0.25, 0.3) is 10.0 Å². The average Bonchev–Trinajstić information content (AvgIpc) is 3.53. The maximum Gasteiger partial charge on any atom is 0.252 e. The molecular formula is C23H28N4O3S3. The molecule has 176 valence electrons. The number of piperazine rings is 1. The number of hydrogen-bond donors (Lipinski definition) is 0. The molecule has 33 heavy (non-hydrogen) atoms. The molecule has 1 aromatic carbocycles. The van der Waals surface area contributed by atoms with Crippen LogP contribution in [0.4, 0.5) is 5.13 Å². The maximum atomic E-state index is 13.1. The van der Waals surface area contributed by atoms with Crippen LogP contribution < -0.4 is 4.90 Å². The molecule has 2 saturated heterocycles. The van der Waals surface area contributed by atoms with Gasteiger partial charge in [-0.2, -0.15) is 4.31 Å². The van der Waals surface area contributed by atoms with Crippen LogP contribution in [0, 0.1) is 19.8 Å². The number of benzene rings is 1. The van der Waals surface area contributed by atoms with Crippen LogP contribution in [0.15, 0.2) is 33.9 Å². The molecule has 0 unspecified atom stereocenters. The van der Waals surface area contributed by atoms with E-state index in [0.29, 0.717) is 43.2 Å². The molecule has 0 aliphatic carbocycles. The van der Waals surface area contributed by atoms with Gasteiger partial charge in [-0.15, -0.1) is 11.3 Å². The molecule has 1 amide bonds. The van der Waals surface area contributed by atoms with Gasteiger partial charge < -0.3 is 9.80 Å². The molecule has 4 heterocycles. The van der Waals surface area contributed by atoms with Crippen LogP contribution in [-0.2, 0) is 14.8 Å². The van der Waals surface area contributed by atoms with Crippen LogP contribution in [0.5, 0.6) is 0 Å². The first-order chi connectivity index (χ1) is 15.8. The lowest BCUT2D eigenvalue weighted by atomic mass is 9.96. The van der Waals surface area contributed by atoms with Crippen molar-refractivity contribution in [2.75, 3.05) is 44.2 Å². The summed E-state index contributed by atoms with van der Waals surface area (Å²) in [6.45, 7) is 7.93. The molecule has 0 atom stereocenters. The molecule has 2 aliphatic heterocycles. The highest BCUT2D eigenvalue weighted by molar-refractivity contribution is 7.91. The lowest BCUT2D eigenvalue weighted by Gasteiger charge is -2.38. The van der Waals surface area contributed by atoms with Gasteiger partial charge in [0.15, 0.2) is 5.13 Å². The second-order valence-corrected chi connectivity index (χ2v) is 12.9. The third kappa shape index (κ3) is 4.29. The topological polar surface area (TPSA) is 73.8 Å². The van der Waals surface area contributed by atoms with Crippen LogP contribution in [0.2, 0.25) is 0 Å². The Kier molecular flexibility index (Phi) is 6.19. The zero-order valence-electron chi connectivity index (χ0n) is 18.9. The van der Waals surface area contributed by atoms with Crippen molar-refractivity contribution in [3.8, 4) is 0 Å². The van der Waals surface area contributed by atoms with E-state index in [1.54, 1.807) is 28.8 Å². The SMILES string of the molecule is Cc1ccc(C)c2sc(N3CCN(C(=O)C4CCN(S(=O)(=O)c5cccs5)CC4)CC3)nc12. The highest BCUT2D eigenvalue weighted by atomic mass is 32.2. The van der Waals surface area contributed by atoms with Crippen LogP contribution in [0.1, 0.15) is 24.0 Å². The maximum absolute atomic E-state index is 13.1. The van der Waals surface area contributed by atoms with Gasteiger partial charge in [0.05, 0.1) is 10.2 Å². The minimum atomic E-state index is -3.43. The first-order valence-corrected chi connectivity index (χ1v) is 14.4. The number of sulfonamides is 1. The number of thiophene rings is 1. The molecular weight excluding hydrogens is 476 g/mol. The van der Waals surface area contributed by atoms with E-state index in [4.69, 9.17) is 4.98 Å². The van der Waals surface area contributed by atoms with E-state index in [9.17, 15) is 13.2 Å². The number of thiazole rings is 1. The molecule has 0 saturated carbocycles. The molecule has 7 nitrogen and oxygen atoms in total. The molecule has 2 fully saturated rings. The third-order valence-electron chi connectivity index (χ3n) is 6.69. The van der Waals surface area contributed by atoms with Crippen LogP contribution in [-0.4, -0.2) is 67.8 Å². The number of amides is 1. The van der Waals surface area contributed by atoms with Crippen molar-refractivity contribution in [1.29, 1.82) is 0 Å². The second kappa shape index (κ2) is 8.98. The first kappa shape index (κ1) is 22.8. The Bertz CT molecular complexity index is 1210. The van der Waals surface area contributed by atoms with E-state index in [1.807, 2.05) is 4.90 Å². The number of hydrogen-bond acceptors (Lipinski definition) is 7. The molecule has 10 heteroatoms. The van der Waals surface area contributed by atoms with Crippen molar-refractivity contribution in [3.63, 3.8) is 0 Å². The number of anilines is 1. The van der Waals surface area contributed by atoms with E-state index >= 15 is 0 Å².